The van der Waals surface area contributed by atoms with Gasteiger partial charge in [0.1, 0.15) is 5.69 Å². The number of amides is 1. The van der Waals surface area contributed by atoms with Crippen molar-refractivity contribution in [3.63, 3.8) is 0 Å². The molecular formula is C20H28N6O2. The van der Waals surface area contributed by atoms with E-state index in [1.807, 2.05) is 17.9 Å². The van der Waals surface area contributed by atoms with Crippen LogP contribution in [0.25, 0.3) is 0 Å². The first-order chi connectivity index (χ1) is 13.5. The molecule has 0 atom stereocenters. The minimum Gasteiger partial charge on any atom is -0.335 e. The summed E-state index contributed by atoms with van der Waals surface area (Å²) >= 11 is 0. The zero-order valence-electron chi connectivity index (χ0n) is 16.7. The van der Waals surface area contributed by atoms with Crippen molar-refractivity contribution in [2.75, 3.05) is 32.7 Å². The lowest BCUT2D eigenvalue weighted by Crippen LogP contribution is -2.50. The third-order valence-electron chi connectivity index (χ3n) is 5.78. The Hall–Kier alpha value is -2.48. The fraction of sp³-hybridized carbons (Fsp3) is 0.600. The third kappa shape index (κ3) is 3.87. The summed E-state index contributed by atoms with van der Waals surface area (Å²) in [6.45, 7) is 6.26. The van der Waals surface area contributed by atoms with Crippen molar-refractivity contribution < 1.29 is 4.79 Å². The molecule has 2 aromatic rings. The van der Waals surface area contributed by atoms with Crippen molar-refractivity contribution in [3.05, 3.63) is 45.1 Å². The van der Waals surface area contributed by atoms with Crippen molar-refractivity contribution in [1.29, 1.82) is 0 Å². The van der Waals surface area contributed by atoms with E-state index in [1.54, 1.807) is 22.5 Å². The number of aromatic nitrogens is 4. The van der Waals surface area contributed by atoms with E-state index in [9.17, 15) is 9.59 Å². The number of hydrogen-bond acceptors (Lipinski definition) is 5. The lowest BCUT2D eigenvalue weighted by molar-refractivity contribution is 0.0620. The molecule has 150 valence electrons. The molecule has 8 heteroatoms. The van der Waals surface area contributed by atoms with Gasteiger partial charge < -0.3 is 4.90 Å². The summed E-state index contributed by atoms with van der Waals surface area (Å²) in [5.74, 6) is 0.0373. The number of piperazine rings is 1. The largest absolute Gasteiger partial charge is 0.335 e. The van der Waals surface area contributed by atoms with Crippen LogP contribution in [0.4, 0.5) is 0 Å². The Morgan fingerprint density at radius 2 is 1.79 bits per heavy atom. The van der Waals surface area contributed by atoms with Crippen LogP contribution < -0.4 is 5.56 Å². The van der Waals surface area contributed by atoms with Crippen LogP contribution in [-0.4, -0.2) is 68.0 Å². The molecule has 0 saturated carbocycles. The fourth-order valence-corrected chi connectivity index (χ4v) is 4.14. The molecule has 1 fully saturated rings. The highest BCUT2D eigenvalue weighted by molar-refractivity contribution is 5.92. The first-order valence-electron chi connectivity index (χ1n) is 10.1. The normalized spacial score (nSPS) is 17.6. The van der Waals surface area contributed by atoms with Gasteiger partial charge in [0.2, 0.25) is 0 Å². The number of carbonyl (C=O) groups is 1. The van der Waals surface area contributed by atoms with Gasteiger partial charge in [-0.25, -0.2) is 4.68 Å². The highest BCUT2D eigenvalue weighted by atomic mass is 16.2. The molecule has 8 nitrogen and oxygen atoms in total. The van der Waals surface area contributed by atoms with Crippen molar-refractivity contribution >= 4 is 5.91 Å². The molecule has 0 spiro atoms. The summed E-state index contributed by atoms with van der Waals surface area (Å²) in [7, 11) is 1.81. The Morgan fingerprint density at radius 1 is 1.04 bits per heavy atom. The van der Waals surface area contributed by atoms with E-state index >= 15 is 0 Å². The van der Waals surface area contributed by atoms with Gasteiger partial charge in [-0.15, -0.1) is 0 Å². The van der Waals surface area contributed by atoms with Gasteiger partial charge in [-0.2, -0.15) is 10.2 Å². The topological polar surface area (TPSA) is 76.3 Å². The summed E-state index contributed by atoms with van der Waals surface area (Å²) in [6.07, 6.45) is 4.26. The average molecular weight is 384 g/mol. The minimum atomic E-state index is 0.000964. The zero-order chi connectivity index (χ0) is 19.7. The number of nitrogens with zero attached hydrogens (tertiary/aromatic N) is 6. The van der Waals surface area contributed by atoms with Crippen LogP contribution in [0.5, 0.6) is 0 Å². The highest BCUT2D eigenvalue weighted by Gasteiger charge is 2.24. The molecule has 1 saturated heterocycles. The Bertz CT molecular complexity index is 923. The van der Waals surface area contributed by atoms with Gasteiger partial charge in [0.15, 0.2) is 0 Å². The number of aryl methyl sites for hydroxylation is 4. The maximum atomic E-state index is 12.7. The molecule has 2 aromatic heterocycles. The summed E-state index contributed by atoms with van der Waals surface area (Å²) in [6, 6.07) is 3.61. The predicted octanol–water partition coefficient (Wildman–Crippen LogP) is 0.622. The first kappa shape index (κ1) is 18.9. The van der Waals surface area contributed by atoms with E-state index in [-0.39, 0.29) is 11.5 Å². The zero-order valence-corrected chi connectivity index (χ0v) is 16.7. The lowest BCUT2D eigenvalue weighted by Gasteiger charge is -2.34. The second kappa shape index (κ2) is 7.87. The second-order valence-corrected chi connectivity index (χ2v) is 7.81. The van der Waals surface area contributed by atoms with Crippen LogP contribution in [0.15, 0.2) is 16.9 Å². The predicted molar refractivity (Wildman–Crippen MR) is 105 cm³/mol. The Balaban J connectivity index is 1.32. The molecule has 1 aliphatic carbocycles. The molecule has 1 amide bonds. The standard InChI is InChI=1S/C20H28N6O2/c1-15-13-18(23(2)21-15)20(28)25-10-7-24(8-11-25)9-12-26-19(27)14-16-5-3-4-6-17(16)22-26/h13-14H,3-12H2,1-2H3. The monoisotopic (exact) mass is 384 g/mol. The van der Waals surface area contributed by atoms with Crippen molar-refractivity contribution in [1.82, 2.24) is 29.4 Å². The van der Waals surface area contributed by atoms with Crippen LogP contribution in [0.3, 0.4) is 0 Å². The van der Waals surface area contributed by atoms with Crippen LogP contribution in [0, 0.1) is 6.92 Å². The summed E-state index contributed by atoms with van der Waals surface area (Å²) in [4.78, 5) is 29.2. The Morgan fingerprint density at radius 3 is 2.50 bits per heavy atom. The number of fused-ring (bicyclic) bond motifs is 1. The Labute approximate surface area is 164 Å². The van der Waals surface area contributed by atoms with Crippen LogP contribution in [-0.2, 0) is 26.4 Å². The number of rotatable bonds is 4. The average Bonchev–Trinajstić information content (AvgIpc) is 3.04. The van der Waals surface area contributed by atoms with Gasteiger partial charge in [-0.05, 0) is 44.2 Å². The number of hydrogen-bond donors (Lipinski definition) is 0. The first-order valence-corrected chi connectivity index (χ1v) is 10.1. The maximum Gasteiger partial charge on any atom is 0.272 e. The molecule has 3 heterocycles. The fourth-order valence-electron chi connectivity index (χ4n) is 4.14. The van der Waals surface area contributed by atoms with Crippen molar-refractivity contribution in [2.45, 2.75) is 39.2 Å². The van der Waals surface area contributed by atoms with Gasteiger partial charge in [-0.3, -0.25) is 19.2 Å². The van der Waals surface area contributed by atoms with Gasteiger partial charge >= 0.3 is 0 Å². The maximum absolute atomic E-state index is 12.7. The molecule has 0 N–H and O–H groups in total. The van der Waals surface area contributed by atoms with Crippen molar-refractivity contribution in [3.8, 4) is 0 Å². The van der Waals surface area contributed by atoms with Crippen molar-refractivity contribution in [2.24, 2.45) is 7.05 Å². The molecular weight excluding hydrogens is 356 g/mol. The smallest absolute Gasteiger partial charge is 0.272 e. The molecule has 1 aliphatic heterocycles. The quantitative estimate of drug-likeness (QED) is 0.773. The van der Waals surface area contributed by atoms with Gasteiger partial charge in [0, 0.05) is 45.8 Å². The highest BCUT2D eigenvalue weighted by Crippen LogP contribution is 2.17. The van der Waals surface area contributed by atoms with E-state index in [0.29, 0.717) is 25.3 Å². The molecule has 28 heavy (non-hydrogen) atoms. The lowest BCUT2D eigenvalue weighted by atomic mass is 9.97. The molecule has 0 radical (unpaired) electrons. The van der Waals surface area contributed by atoms with E-state index in [1.165, 1.54) is 0 Å². The number of carbonyl (C=O) groups excluding carboxylic acids is 1. The third-order valence-corrected chi connectivity index (χ3v) is 5.78. The van der Waals surface area contributed by atoms with E-state index in [2.05, 4.69) is 15.1 Å². The van der Waals surface area contributed by atoms with Crippen LogP contribution >= 0.6 is 0 Å². The van der Waals surface area contributed by atoms with Gasteiger partial charge in [0.05, 0.1) is 17.9 Å². The summed E-state index contributed by atoms with van der Waals surface area (Å²) < 4.78 is 3.26. The SMILES string of the molecule is Cc1cc(C(=O)N2CCN(CCn3nc4c(cc3=O)CCCC4)CC2)n(C)n1. The molecule has 0 bridgehead atoms. The van der Waals surface area contributed by atoms with E-state index < -0.39 is 0 Å². The summed E-state index contributed by atoms with van der Waals surface area (Å²) in [5, 5.41) is 8.86. The van der Waals surface area contributed by atoms with Crippen LogP contribution in [0.2, 0.25) is 0 Å². The van der Waals surface area contributed by atoms with E-state index in [4.69, 9.17) is 0 Å². The molecule has 0 unspecified atom stereocenters. The minimum absolute atomic E-state index is 0.000964. The second-order valence-electron chi connectivity index (χ2n) is 7.81. The summed E-state index contributed by atoms with van der Waals surface area (Å²) in [5.41, 5.74) is 3.71. The van der Waals surface area contributed by atoms with Crippen LogP contribution in [0.1, 0.15) is 40.3 Å². The molecule has 4 rings (SSSR count). The van der Waals surface area contributed by atoms with Gasteiger partial charge in [0.25, 0.3) is 11.5 Å². The molecule has 2 aliphatic rings. The van der Waals surface area contributed by atoms with Gasteiger partial charge in [-0.1, -0.05) is 0 Å². The Kier molecular flexibility index (Phi) is 5.30. The van der Waals surface area contributed by atoms with E-state index in [0.717, 1.165) is 62.3 Å². The molecule has 0 aromatic carbocycles.